The number of hydrogen-bond donors (Lipinski definition) is 0. The molecule has 1 aliphatic carbocycles. The van der Waals surface area contributed by atoms with E-state index in [4.69, 9.17) is 11.6 Å². The lowest BCUT2D eigenvalue weighted by molar-refractivity contribution is -0.139. The van der Waals surface area contributed by atoms with Gasteiger partial charge in [0.25, 0.3) is 0 Å². The van der Waals surface area contributed by atoms with E-state index in [0.717, 1.165) is 37.2 Å². The second-order valence-electron chi connectivity index (χ2n) is 8.51. The highest BCUT2D eigenvalue weighted by molar-refractivity contribution is 7.91. The molecule has 3 rings (SSSR count). The Hall–Kier alpha value is -1.07. The number of benzene rings is 1. The first-order valence-electron chi connectivity index (χ1n) is 10.6. The van der Waals surface area contributed by atoms with Crippen LogP contribution >= 0.6 is 11.6 Å². The predicted molar refractivity (Wildman–Crippen MR) is 114 cm³/mol. The zero-order chi connectivity index (χ0) is 20.1. The van der Waals surface area contributed by atoms with Gasteiger partial charge in [0.2, 0.25) is 5.91 Å². The topological polar surface area (TPSA) is 54.5 Å². The SMILES string of the molecule is CCCCC1CCC(C(=O)N(Cc2ccc(Cl)cc2)[C@H]2CCS(=O)(=O)C2)CC1. The van der Waals surface area contributed by atoms with Crippen molar-refractivity contribution in [3.63, 3.8) is 0 Å². The van der Waals surface area contributed by atoms with Crippen molar-refractivity contribution in [2.45, 2.75) is 70.9 Å². The summed E-state index contributed by atoms with van der Waals surface area (Å²) in [7, 11) is -3.04. The lowest BCUT2D eigenvalue weighted by Crippen LogP contribution is -2.44. The Morgan fingerprint density at radius 1 is 1.11 bits per heavy atom. The zero-order valence-corrected chi connectivity index (χ0v) is 18.4. The third-order valence-corrected chi connectivity index (χ3v) is 8.36. The number of carbonyl (C=O) groups is 1. The van der Waals surface area contributed by atoms with Crippen LogP contribution in [0.15, 0.2) is 24.3 Å². The largest absolute Gasteiger partial charge is 0.334 e. The molecule has 1 aliphatic heterocycles. The summed E-state index contributed by atoms with van der Waals surface area (Å²) in [4.78, 5) is 15.2. The summed E-state index contributed by atoms with van der Waals surface area (Å²) in [5.41, 5.74) is 0.999. The van der Waals surface area contributed by atoms with Crippen LogP contribution < -0.4 is 0 Å². The minimum absolute atomic E-state index is 0.0356. The summed E-state index contributed by atoms with van der Waals surface area (Å²) in [6, 6.07) is 7.29. The van der Waals surface area contributed by atoms with Crippen LogP contribution in [0.2, 0.25) is 5.02 Å². The van der Waals surface area contributed by atoms with Gasteiger partial charge in [-0.2, -0.15) is 0 Å². The van der Waals surface area contributed by atoms with Crippen molar-refractivity contribution in [1.82, 2.24) is 4.90 Å². The molecule has 0 aromatic heterocycles. The molecule has 0 radical (unpaired) electrons. The van der Waals surface area contributed by atoms with Crippen molar-refractivity contribution in [2.24, 2.45) is 11.8 Å². The van der Waals surface area contributed by atoms with Gasteiger partial charge in [-0.05, 0) is 55.7 Å². The van der Waals surface area contributed by atoms with Gasteiger partial charge in [0.1, 0.15) is 0 Å². The first kappa shape index (κ1) is 21.6. The second kappa shape index (κ2) is 9.62. The first-order chi connectivity index (χ1) is 13.4. The number of rotatable bonds is 7. The fourth-order valence-electron chi connectivity index (χ4n) is 4.62. The number of hydrogen-bond acceptors (Lipinski definition) is 3. The number of halogens is 1. The molecule has 1 atom stereocenters. The van der Waals surface area contributed by atoms with Gasteiger partial charge in [0.15, 0.2) is 9.84 Å². The van der Waals surface area contributed by atoms with Gasteiger partial charge in [0.05, 0.1) is 11.5 Å². The van der Waals surface area contributed by atoms with Crippen LogP contribution in [0, 0.1) is 11.8 Å². The summed E-state index contributed by atoms with van der Waals surface area (Å²) in [6.45, 7) is 2.69. The smallest absolute Gasteiger partial charge is 0.226 e. The highest BCUT2D eigenvalue weighted by Crippen LogP contribution is 2.34. The Labute approximate surface area is 174 Å². The Morgan fingerprint density at radius 3 is 2.36 bits per heavy atom. The van der Waals surface area contributed by atoms with Crippen molar-refractivity contribution < 1.29 is 13.2 Å². The third kappa shape index (κ3) is 5.73. The molecule has 2 aliphatic rings. The predicted octanol–water partition coefficient (Wildman–Crippen LogP) is 4.85. The quantitative estimate of drug-likeness (QED) is 0.627. The van der Waals surface area contributed by atoms with E-state index in [2.05, 4.69) is 6.92 Å². The molecule has 0 spiro atoms. The van der Waals surface area contributed by atoms with Crippen LogP contribution in [0.25, 0.3) is 0 Å². The molecular weight excluding hydrogens is 394 g/mol. The van der Waals surface area contributed by atoms with E-state index in [1.807, 2.05) is 29.2 Å². The average Bonchev–Trinajstić information content (AvgIpc) is 3.05. The van der Waals surface area contributed by atoms with Crippen molar-refractivity contribution >= 4 is 27.3 Å². The van der Waals surface area contributed by atoms with Gasteiger partial charge >= 0.3 is 0 Å². The number of amides is 1. The number of sulfone groups is 1. The maximum absolute atomic E-state index is 13.4. The molecule has 1 heterocycles. The zero-order valence-electron chi connectivity index (χ0n) is 16.8. The number of unbranched alkanes of at least 4 members (excludes halogenated alkanes) is 1. The van der Waals surface area contributed by atoms with E-state index < -0.39 is 9.84 Å². The van der Waals surface area contributed by atoms with Crippen LogP contribution in [-0.2, 0) is 21.2 Å². The minimum Gasteiger partial charge on any atom is -0.334 e. The van der Waals surface area contributed by atoms with Crippen LogP contribution in [0.4, 0.5) is 0 Å². The van der Waals surface area contributed by atoms with Crippen LogP contribution in [0.3, 0.4) is 0 Å². The van der Waals surface area contributed by atoms with E-state index in [-0.39, 0.29) is 29.4 Å². The lowest BCUT2D eigenvalue weighted by Gasteiger charge is -2.35. The van der Waals surface area contributed by atoms with E-state index in [9.17, 15) is 13.2 Å². The van der Waals surface area contributed by atoms with Crippen molar-refractivity contribution in [3.05, 3.63) is 34.9 Å². The van der Waals surface area contributed by atoms with Gasteiger partial charge in [-0.3, -0.25) is 4.79 Å². The molecule has 156 valence electrons. The molecule has 1 saturated heterocycles. The van der Waals surface area contributed by atoms with E-state index in [0.29, 0.717) is 18.0 Å². The Balaban J connectivity index is 1.69. The van der Waals surface area contributed by atoms with Gasteiger partial charge in [0, 0.05) is 23.5 Å². The molecule has 0 bridgehead atoms. The van der Waals surface area contributed by atoms with E-state index >= 15 is 0 Å². The van der Waals surface area contributed by atoms with Gasteiger partial charge in [-0.15, -0.1) is 0 Å². The summed E-state index contributed by atoms with van der Waals surface area (Å²) >= 11 is 5.99. The number of carbonyl (C=O) groups excluding carboxylic acids is 1. The molecule has 1 saturated carbocycles. The fourth-order valence-corrected chi connectivity index (χ4v) is 6.48. The summed E-state index contributed by atoms with van der Waals surface area (Å²) < 4.78 is 24.1. The van der Waals surface area contributed by atoms with Crippen LogP contribution in [0.1, 0.15) is 63.9 Å². The molecule has 2 fully saturated rings. The standard InChI is InChI=1S/C22H32ClNO3S/c1-2-3-4-17-5-9-19(10-6-17)22(25)24(21-13-14-28(26,27)16-21)15-18-7-11-20(23)12-8-18/h7-8,11-12,17,19,21H,2-6,9-10,13-16H2,1H3/t17?,19?,21-/m0/s1. The maximum Gasteiger partial charge on any atom is 0.226 e. The lowest BCUT2D eigenvalue weighted by atomic mass is 9.79. The highest BCUT2D eigenvalue weighted by atomic mass is 35.5. The maximum atomic E-state index is 13.4. The van der Waals surface area contributed by atoms with Crippen molar-refractivity contribution in [2.75, 3.05) is 11.5 Å². The molecule has 0 N–H and O–H groups in total. The summed E-state index contributed by atoms with van der Waals surface area (Å²) in [6.07, 6.45) is 8.42. The normalized spacial score (nSPS) is 26.9. The Bertz CT molecular complexity index is 754. The van der Waals surface area contributed by atoms with E-state index in [1.54, 1.807) is 0 Å². The first-order valence-corrected chi connectivity index (χ1v) is 12.8. The Morgan fingerprint density at radius 2 is 1.79 bits per heavy atom. The van der Waals surface area contributed by atoms with Crippen LogP contribution in [0.5, 0.6) is 0 Å². The molecule has 1 aromatic carbocycles. The molecule has 1 aromatic rings. The molecule has 4 nitrogen and oxygen atoms in total. The average molecular weight is 426 g/mol. The van der Waals surface area contributed by atoms with Gasteiger partial charge < -0.3 is 4.90 Å². The van der Waals surface area contributed by atoms with Crippen LogP contribution in [-0.4, -0.2) is 36.8 Å². The Kier molecular flexibility index (Phi) is 7.43. The molecule has 6 heteroatoms. The molecule has 1 amide bonds. The van der Waals surface area contributed by atoms with Crippen molar-refractivity contribution in [3.8, 4) is 0 Å². The van der Waals surface area contributed by atoms with Crippen molar-refractivity contribution in [1.29, 1.82) is 0 Å². The molecular formula is C22H32ClNO3S. The molecule has 28 heavy (non-hydrogen) atoms. The third-order valence-electron chi connectivity index (χ3n) is 6.36. The minimum atomic E-state index is -3.04. The fraction of sp³-hybridized carbons (Fsp3) is 0.682. The monoisotopic (exact) mass is 425 g/mol. The second-order valence-corrected chi connectivity index (χ2v) is 11.2. The summed E-state index contributed by atoms with van der Waals surface area (Å²) in [5.74, 6) is 1.21. The van der Waals surface area contributed by atoms with Gasteiger partial charge in [-0.25, -0.2) is 8.42 Å². The number of nitrogens with zero attached hydrogens (tertiary/aromatic N) is 1. The highest BCUT2D eigenvalue weighted by Gasteiger charge is 2.38. The molecule has 0 unspecified atom stereocenters. The summed E-state index contributed by atoms with van der Waals surface area (Å²) in [5, 5.41) is 0.662. The van der Waals surface area contributed by atoms with E-state index in [1.165, 1.54) is 19.3 Å². The van der Waals surface area contributed by atoms with Gasteiger partial charge in [-0.1, -0.05) is 49.9 Å².